The molecule has 0 aromatic heterocycles. The highest BCUT2D eigenvalue weighted by Gasteiger charge is 2.35. The molecule has 1 aromatic rings. The maximum atomic E-state index is 14.2. The summed E-state index contributed by atoms with van der Waals surface area (Å²) in [5.41, 5.74) is 4.07. The van der Waals surface area contributed by atoms with E-state index in [1.54, 1.807) is 12.1 Å². The lowest BCUT2D eigenvalue weighted by Gasteiger charge is -2.41. The number of piperazine rings is 1. The average Bonchev–Trinajstić information content (AvgIpc) is 3.37. The maximum Gasteiger partial charge on any atom is 0.123 e. The lowest BCUT2D eigenvalue weighted by atomic mass is 9.65. The molecular formula is C24H35FN2. The monoisotopic (exact) mass is 370 g/mol. The van der Waals surface area contributed by atoms with Gasteiger partial charge in [0.05, 0.1) is 0 Å². The van der Waals surface area contributed by atoms with E-state index < -0.39 is 0 Å². The van der Waals surface area contributed by atoms with E-state index >= 15 is 0 Å². The standard InChI is InChI=1S/C24H35FN2/c1-23(2)14-19(15-24(3,4)17-23)21-13-20(25)7-8-22(21)27-11-9-26(10-12-27)16-18-5-6-18/h7-8,13-14,18H,5-6,9-12,15-17H2,1-4H3. The van der Waals surface area contributed by atoms with Crippen molar-refractivity contribution in [3.63, 3.8) is 0 Å². The van der Waals surface area contributed by atoms with E-state index in [0.29, 0.717) is 0 Å². The SMILES string of the molecule is CC1(C)C=C(c2cc(F)ccc2N2CCN(CC3CC3)CC2)CC(C)(C)C1. The van der Waals surface area contributed by atoms with E-state index in [0.717, 1.165) is 44.1 Å². The minimum Gasteiger partial charge on any atom is -0.368 e. The highest BCUT2D eigenvalue weighted by molar-refractivity contribution is 5.78. The third-order valence-corrected chi connectivity index (χ3v) is 6.40. The summed E-state index contributed by atoms with van der Waals surface area (Å²) in [4.78, 5) is 5.09. The molecule has 148 valence electrons. The maximum absolute atomic E-state index is 14.2. The lowest BCUT2D eigenvalue weighted by molar-refractivity contribution is 0.228. The Kier molecular flexibility index (Phi) is 4.86. The molecule has 1 aliphatic heterocycles. The summed E-state index contributed by atoms with van der Waals surface area (Å²) in [6.45, 7) is 14.9. The van der Waals surface area contributed by atoms with Crippen molar-refractivity contribution >= 4 is 11.3 Å². The van der Waals surface area contributed by atoms with Gasteiger partial charge in [-0.1, -0.05) is 33.8 Å². The van der Waals surface area contributed by atoms with Gasteiger partial charge in [0.2, 0.25) is 0 Å². The van der Waals surface area contributed by atoms with Crippen molar-refractivity contribution in [2.45, 2.75) is 53.4 Å². The van der Waals surface area contributed by atoms with Crippen molar-refractivity contribution < 1.29 is 4.39 Å². The van der Waals surface area contributed by atoms with Crippen LogP contribution in [0.3, 0.4) is 0 Å². The van der Waals surface area contributed by atoms with Crippen molar-refractivity contribution in [2.75, 3.05) is 37.6 Å². The molecule has 27 heavy (non-hydrogen) atoms. The molecule has 2 nitrogen and oxygen atoms in total. The summed E-state index contributed by atoms with van der Waals surface area (Å²) >= 11 is 0. The van der Waals surface area contributed by atoms with Crippen LogP contribution >= 0.6 is 0 Å². The van der Waals surface area contributed by atoms with Crippen LogP contribution < -0.4 is 4.90 Å². The lowest BCUT2D eigenvalue weighted by Crippen LogP contribution is -2.47. The normalized spacial score (nSPS) is 25.4. The van der Waals surface area contributed by atoms with E-state index in [1.807, 2.05) is 6.07 Å². The van der Waals surface area contributed by atoms with Crippen molar-refractivity contribution in [3.05, 3.63) is 35.7 Å². The van der Waals surface area contributed by atoms with Gasteiger partial charge in [0.25, 0.3) is 0 Å². The Labute approximate surface area is 164 Å². The zero-order valence-electron chi connectivity index (χ0n) is 17.5. The molecule has 1 saturated heterocycles. The number of benzene rings is 1. The molecule has 1 aromatic carbocycles. The highest BCUT2D eigenvalue weighted by atomic mass is 19.1. The van der Waals surface area contributed by atoms with Gasteiger partial charge in [0, 0.05) is 44.0 Å². The van der Waals surface area contributed by atoms with Crippen molar-refractivity contribution in [1.82, 2.24) is 4.90 Å². The molecule has 0 N–H and O–H groups in total. The molecule has 3 heteroatoms. The predicted octanol–water partition coefficient (Wildman–Crippen LogP) is 5.59. The molecule has 3 aliphatic rings. The number of rotatable bonds is 4. The van der Waals surface area contributed by atoms with Crippen LogP contribution in [0.1, 0.15) is 58.9 Å². The number of halogens is 1. The average molecular weight is 371 g/mol. The van der Waals surface area contributed by atoms with Gasteiger partial charge in [0.1, 0.15) is 5.82 Å². The Morgan fingerprint density at radius 3 is 2.37 bits per heavy atom. The highest BCUT2D eigenvalue weighted by Crippen LogP contribution is 2.48. The number of hydrogen-bond donors (Lipinski definition) is 0. The Hall–Kier alpha value is -1.35. The fraction of sp³-hybridized carbons (Fsp3) is 0.667. The second-order valence-electron chi connectivity index (χ2n) is 10.6. The van der Waals surface area contributed by atoms with Gasteiger partial charge in [0.15, 0.2) is 0 Å². The molecule has 2 fully saturated rings. The second kappa shape index (κ2) is 6.92. The van der Waals surface area contributed by atoms with Crippen LogP contribution in [-0.4, -0.2) is 37.6 Å². The number of anilines is 1. The van der Waals surface area contributed by atoms with Crippen LogP contribution in [0.25, 0.3) is 5.57 Å². The zero-order valence-corrected chi connectivity index (χ0v) is 17.5. The molecular weight excluding hydrogens is 335 g/mol. The first-order valence-electron chi connectivity index (χ1n) is 10.7. The summed E-state index contributed by atoms with van der Waals surface area (Å²) in [6, 6.07) is 5.42. The Balaban J connectivity index is 1.59. The van der Waals surface area contributed by atoms with E-state index in [1.165, 1.54) is 37.1 Å². The van der Waals surface area contributed by atoms with E-state index in [9.17, 15) is 4.39 Å². The number of allylic oxidation sites excluding steroid dienone is 2. The first-order chi connectivity index (χ1) is 12.7. The molecule has 0 amide bonds. The largest absolute Gasteiger partial charge is 0.368 e. The zero-order chi connectivity index (χ0) is 19.2. The quantitative estimate of drug-likeness (QED) is 0.682. The van der Waals surface area contributed by atoms with Crippen LogP contribution in [0.15, 0.2) is 24.3 Å². The van der Waals surface area contributed by atoms with Crippen molar-refractivity contribution in [1.29, 1.82) is 0 Å². The fourth-order valence-corrected chi connectivity index (χ4v) is 5.44. The molecule has 0 radical (unpaired) electrons. The summed E-state index contributed by atoms with van der Waals surface area (Å²) in [6.07, 6.45) is 7.44. The van der Waals surface area contributed by atoms with E-state index in [4.69, 9.17) is 0 Å². The van der Waals surface area contributed by atoms with Crippen LogP contribution in [-0.2, 0) is 0 Å². The van der Waals surface area contributed by atoms with E-state index in [-0.39, 0.29) is 16.6 Å². The van der Waals surface area contributed by atoms with Gasteiger partial charge in [-0.3, -0.25) is 4.90 Å². The minimum atomic E-state index is -0.122. The van der Waals surface area contributed by atoms with Gasteiger partial charge in [-0.25, -0.2) is 4.39 Å². The number of nitrogens with zero attached hydrogens (tertiary/aromatic N) is 2. The second-order valence-corrected chi connectivity index (χ2v) is 10.6. The van der Waals surface area contributed by atoms with Gasteiger partial charge in [-0.15, -0.1) is 0 Å². The predicted molar refractivity (Wildman–Crippen MR) is 113 cm³/mol. The first kappa shape index (κ1) is 19.0. The van der Waals surface area contributed by atoms with Gasteiger partial charge in [-0.2, -0.15) is 0 Å². The third-order valence-electron chi connectivity index (χ3n) is 6.40. The smallest absolute Gasteiger partial charge is 0.123 e. The number of hydrogen-bond acceptors (Lipinski definition) is 2. The summed E-state index contributed by atoms with van der Waals surface area (Å²) < 4.78 is 14.2. The molecule has 0 unspecified atom stereocenters. The van der Waals surface area contributed by atoms with Crippen LogP contribution in [0, 0.1) is 22.6 Å². The molecule has 0 atom stereocenters. The molecule has 0 spiro atoms. The fourth-order valence-electron chi connectivity index (χ4n) is 5.44. The van der Waals surface area contributed by atoms with Gasteiger partial charge < -0.3 is 4.90 Å². The van der Waals surface area contributed by atoms with Crippen molar-refractivity contribution in [3.8, 4) is 0 Å². The molecule has 4 rings (SSSR count). The Morgan fingerprint density at radius 1 is 1.04 bits per heavy atom. The Bertz CT molecular complexity index is 722. The minimum absolute atomic E-state index is 0.122. The Morgan fingerprint density at radius 2 is 1.74 bits per heavy atom. The first-order valence-corrected chi connectivity index (χ1v) is 10.7. The topological polar surface area (TPSA) is 6.48 Å². The third kappa shape index (κ3) is 4.56. The van der Waals surface area contributed by atoms with Crippen LogP contribution in [0.4, 0.5) is 10.1 Å². The molecule has 1 saturated carbocycles. The molecule has 2 aliphatic carbocycles. The molecule has 1 heterocycles. The van der Waals surface area contributed by atoms with Gasteiger partial charge >= 0.3 is 0 Å². The van der Waals surface area contributed by atoms with Crippen LogP contribution in [0.5, 0.6) is 0 Å². The van der Waals surface area contributed by atoms with Crippen molar-refractivity contribution in [2.24, 2.45) is 16.7 Å². The summed E-state index contributed by atoms with van der Waals surface area (Å²) in [5, 5.41) is 0. The van der Waals surface area contributed by atoms with Crippen LogP contribution in [0.2, 0.25) is 0 Å². The summed E-state index contributed by atoms with van der Waals surface area (Å²) in [5.74, 6) is 0.831. The summed E-state index contributed by atoms with van der Waals surface area (Å²) in [7, 11) is 0. The van der Waals surface area contributed by atoms with Gasteiger partial charge in [-0.05, 0) is 66.2 Å². The van der Waals surface area contributed by atoms with E-state index in [2.05, 4.69) is 43.6 Å². The molecule has 0 bridgehead atoms.